The fourth-order valence-corrected chi connectivity index (χ4v) is 1.56. The Morgan fingerprint density at radius 1 is 1.05 bits per heavy atom. The molecule has 0 amide bonds. The van der Waals surface area contributed by atoms with Crippen molar-refractivity contribution in [3.8, 4) is 5.75 Å². The van der Waals surface area contributed by atoms with Gasteiger partial charge in [0.15, 0.2) is 12.0 Å². The number of hydrogen-bond donors (Lipinski definition) is 1. The normalized spacial score (nSPS) is 11.3. The Bertz CT molecular complexity index is 638. The minimum atomic E-state index is -0.639. The third kappa shape index (κ3) is 2.86. The number of aromatic hydroxyl groups is 1. The van der Waals surface area contributed by atoms with Gasteiger partial charge in [0, 0.05) is 17.7 Å². The van der Waals surface area contributed by atoms with E-state index in [1.807, 2.05) is 6.07 Å². The average Bonchev–Trinajstić information content (AvgIpc) is 2.39. The van der Waals surface area contributed by atoms with E-state index in [0.717, 1.165) is 6.07 Å². The maximum Gasteiger partial charge on any atom is 0.273 e. The van der Waals surface area contributed by atoms with Crippen LogP contribution in [-0.2, 0) is 0 Å². The average molecular weight is 258 g/mol. The van der Waals surface area contributed by atoms with Gasteiger partial charge < -0.3 is 10.3 Å². The molecule has 96 valence electrons. The summed E-state index contributed by atoms with van der Waals surface area (Å²) in [6, 6.07) is 12.1. The molecule has 0 saturated carbocycles. The summed E-state index contributed by atoms with van der Waals surface area (Å²) in [6.07, 6.45) is 1.28. The maximum atomic E-state index is 11.8. The lowest BCUT2D eigenvalue weighted by Gasteiger charge is -2.04. The lowest BCUT2D eigenvalue weighted by Crippen LogP contribution is -1.99. The van der Waals surface area contributed by atoms with Gasteiger partial charge >= 0.3 is 0 Å². The molecular formula is C13H10N2O4. The Labute approximate surface area is 108 Å². The summed E-state index contributed by atoms with van der Waals surface area (Å²) in [5, 5.41) is 32.0. The number of phenols is 1. The first-order valence-corrected chi connectivity index (χ1v) is 5.41. The van der Waals surface area contributed by atoms with Crippen molar-refractivity contribution < 1.29 is 14.8 Å². The molecule has 0 aliphatic carbocycles. The molecule has 19 heavy (non-hydrogen) atoms. The second kappa shape index (κ2) is 5.18. The highest BCUT2D eigenvalue weighted by atomic mass is 16.6. The van der Waals surface area contributed by atoms with Crippen molar-refractivity contribution in [1.82, 2.24) is 0 Å². The van der Waals surface area contributed by atoms with Gasteiger partial charge in [-0.1, -0.05) is 18.2 Å². The van der Waals surface area contributed by atoms with Crippen molar-refractivity contribution in [3.05, 3.63) is 69.4 Å². The molecule has 0 saturated heterocycles. The quantitative estimate of drug-likeness (QED) is 0.301. The highest BCUT2D eigenvalue weighted by Gasteiger charge is 2.15. The van der Waals surface area contributed by atoms with Crippen LogP contribution < -0.4 is 0 Å². The third-order valence-electron chi connectivity index (χ3n) is 2.47. The van der Waals surface area contributed by atoms with Crippen molar-refractivity contribution in [3.63, 3.8) is 0 Å². The molecule has 2 aromatic carbocycles. The highest BCUT2D eigenvalue weighted by molar-refractivity contribution is 5.76. The minimum Gasteiger partial charge on any atom is -0.618 e. The lowest BCUT2D eigenvalue weighted by atomic mass is 10.2. The van der Waals surface area contributed by atoms with Gasteiger partial charge in [-0.15, -0.1) is 0 Å². The molecule has 6 heteroatoms. The first kappa shape index (κ1) is 12.6. The predicted octanol–water partition coefficient (Wildman–Crippen LogP) is 2.56. The van der Waals surface area contributed by atoms with Gasteiger partial charge in [0.05, 0.1) is 11.0 Å². The zero-order valence-electron chi connectivity index (χ0n) is 9.76. The van der Waals surface area contributed by atoms with Crippen LogP contribution in [0.25, 0.3) is 0 Å². The molecule has 0 aromatic heterocycles. The summed E-state index contributed by atoms with van der Waals surface area (Å²) >= 11 is 0. The van der Waals surface area contributed by atoms with E-state index in [1.54, 1.807) is 24.3 Å². The Morgan fingerprint density at radius 2 is 1.74 bits per heavy atom. The number of phenolic OH excluding ortho intramolecular Hbond substituents is 1. The number of hydrogen-bond acceptors (Lipinski definition) is 4. The van der Waals surface area contributed by atoms with Gasteiger partial charge in [-0.2, -0.15) is 4.74 Å². The predicted molar refractivity (Wildman–Crippen MR) is 69.7 cm³/mol. The fourth-order valence-electron chi connectivity index (χ4n) is 1.56. The largest absolute Gasteiger partial charge is 0.618 e. The number of rotatable bonds is 3. The highest BCUT2D eigenvalue weighted by Crippen LogP contribution is 2.29. The van der Waals surface area contributed by atoms with Crippen molar-refractivity contribution in [2.45, 2.75) is 0 Å². The Balaban J connectivity index is 2.37. The molecule has 0 unspecified atom stereocenters. The molecule has 0 aliphatic heterocycles. The molecule has 0 spiro atoms. The zero-order chi connectivity index (χ0) is 13.8. The van der Waals surface area contributed by atoms with Crippen LogP contribution in [0.5, 0.6) is 5.75 Å². The molecule has 0 heterocycles. The summed E-state index contributed by atoms with van der Waals surface area (Å²) in [6.45, 7) is 0. The van der Waals surface area contributed by atoms with Gasteiger partial charge in [-0.3, -0.25) is 10.1 Å². The first-order chi connectivity index (χ1) is 9.08. The number of nitro groups is 1. The Morgan fingerprint density at radius 3 is 2.32 bits per heavy atom. The number of benzene rings is 2. The summed E-state index contributed by atoms with van der Waals surface area (Å²) in [5.41, 5.74) is 0.346. The van der Waals surface area contributed by atoms with Crippen LogP contribution in [0.4, 0.5) is 11.4 Å². The van der Waals surface area contributed by atoms with Gasteiger partial charge in [-0.05, 0) is 12.1 Å². The van der Waals surface area contributed by atoms with Crippen molar-refractivity contribution >= 4 is 17.6 Å². The molecule has 2 aromatic rings. The van der Waals surface area contributed by atoms with Crippen molar-refractivity contribution in [1.29, 1.82) is 0 Å². The van der Waals surface area contributed by atoms with E-state index in [2.05, 4.69) is 0 Å². The molecule has 0 bridgehead atoms. The standard InChI is InChI=1S/C13H10N2O4/c16-13-8-11(15(18)19)6-7-12(13)14(17)9-10-4-2-1-3-5-10/h1-9,16H. The molecule has 2 rings (SSSR count). The molecule has 6 nitrogen and oxygen atoms in total. The molecule has 0 fully saturated rings. The number of nitrogens with zero attached hydrogens (tertiary/aromatic N) is 2. The number of nitro benzene ring substituents is 1. The van der Waals surface area contributed by atoms with E-state index in [0.29, 0.717) is 10.3 Å². The van der Waals surface area contributed by atoms with Crippen LogP contribution in [0.3, 0.4) is 0 Å². The third-order valence-corrected chi connectivity index (χ3v) is 2.47. The molecular weight excluding hydrogens is 248 g/mol. The summed E-state index contributed by atoms with van der Waals surface area (Å²) in [5.74, 6) is -0.434. The second-order valence-electron chi connectivity index (χ2n) is 3.80. The van der Waals surface area contributed by atoms with E-state index in [-0.39, 0.29) is 11.4 Å². The first-order valence-electron chi connectivity index (χ1n) is 5.41. The van der Waals surface area contributed by atoms with Crippen LogP contribution in [0.2, 0.25) is 0 Å². The Kier molecular flexibility index (Phi) is 3.42. The van der Waals surface area contributed by atoms with E-state index in [9.17, 15) is 20.4 Å². The van der Waals surface area contributed by atoms with E-state index in [1.165, 1.54) is 18.3 Å². The monoisotopic (exact) mass is 258 g/mol. The smallest absolute Gasteiger partial charge is 0.273 e. The molecule has 1 N–H and O–H groups in total. The molecule has 0 atom stereocenters. The van der Waals surface area contributed by atoms with Crippen LogP contribution in [-0.4, -0.2) is 21.0 Å². The van der Waals surface area contributed by atoms with Crippen LogP contribution in [0, 0.1) is 15.3 Å². The molecule has 0 aliphatic rings. The SMILES string of the molecule is O=[N+]([O-])c1ccc([N+]([O-])=Cc2ccccc2)c(O)c1. The lowest BCUT2D eigenvalue weighted by molar-refractivity contribution is -0.385. The van der Waals surface area contributed by atoms with Gasteiger partial charge in [0.1, 0.15) is 0 Å². The van der Waals surface area contributed by atoms with E-state index >= 15 is 0 Å². The topological polar surface area (TPSA) is 89.4 Å². The summed E-state index contributed by atoms with van der Waals surface area (Å²) in [4.78, 5) is 9.88. The Hall–Kier alpha value is -2.89. The van der Waals surface area contributed by atoms with Crippen LogP contribution in [0.1, 0.15) is 5.56 Å². The van der Waals surface area contributed by atoms with E-state index < -0.39 is 10.7 Å². The van der Waals surface area contributed by atoms with Gasteiger partial charge in [0.2, 0.25) is 0 Å². The van der Waals surface area contributed by atoms with E-state index in [4.69, 9.17) is 0 Å². The van der Waals surface area contributed by atoms with Crippen molar-refractivity contribution in [2.24, 2.45) is 0 Å². The minimum absolute atomic E-state index is 0.0468. The fraction of sp³-hybridized carbons (Fsp3) is 0. The van der Waals surface area contributed by atoms with Crippen LogP contribution in [0.15, 0.2) is 48.5 Å². The summed E-state index contributed by atoms with van der Waals surface area (Å²) in [7, 11) is 0. The van der Waals surface area contributed by atoms with Gasteiger partial charge in [0.25, 0.3) is 11.4 Å². The number of non-ortho nitro benzene ring substituents is 1. The second-order valence-corrected chi connectivity index (χ2v) is 3.80. The van der Waals surface area contributed by atoms with Crippen molar-refractivity contribution in [2.75, 3.05) is 0 Å². The molecule has 0 radical (unpaired) electrons. The summed E-state index contributed by atoms with van der Waals surface area (Å²) < 4.78 is 0.467. The maximum absolute atomic E-state index is 11.8. The van der Waals surface area contributed by atoms with Crippen LogP contribution >= 0.6 is 0 Å². The zero-order valence-corrected chi connectivity index (χ0v) is 9.76. The van der Waals surface area contributed by atoms with Gasteiger partial charge in [-0.25, -0.2) is 0 Å².